The van der Waals surface area contributed by atoms with Gasteiger partial charge in [0.15, 0.2) is 23.0 Å². The molecule has 0 aliphatic carbocycles. The van der Waals surface area contributed by atoms with Gasteiger partial charge in [-0.05, 0) is 12.1 Å². The van der Waals surface area contributed by atoms with E-state index in [1.54, 1.807) is 36.4 Å². The third kappa shape index (κ3) is 3.07. The molecule has 4 aromatic rings. The molecule has 0 unspecified atom stereocenters. The average Bonchev–Trinajstić information content (AvgIpc) is 3.27. The van der Waals surface area contributed by atoms with Crippen molar-refractivity contribution in [3.8, 4) is 34.5 Å². The summed E-state index contributed by atoms with van der Waals surface area (Å²) in [7, 11) is 3.07. The van der Waals surface area contributed by atoms with Crippen LogP contribution in [0.4, 0.5) is 5.69 Å². The van der Waals surface area contributed by atoms with Crippen molar-refractivity contribution in [2.24, 2.45) is 0 Å². The fraction of sp³-hybridized carbons (Fsp3) is 0.111. The minimum Gasteiger partial charge on any atom is -0.493 e. The average molecular weight is 381 g/mol. The zero-order valence-corrected chi connectivity index (χ0v) is 14.9. The van der Waals surface area contributed by atoms with Crippen LogP contribution >= 0.6 is 0 Å². The first-order valence-corrected chi connectivity index (χ1v) is 8.18. The van der Waals surface area contributed by atoms with Crippen LogP contribution in [0, 0.1) is 10.1 Å². The number of aromatic nitrogens is 4. The molecule has 142 valence electrons. The molecule has 10 nitrogen and oxygen atoms in total. The smallest absolute Gasteiger partial charge is 0.270 e. The lowest BCUT2D eigenvalue weighted by Crippen LogP contribution is -1.95. The van der Waals surface area contributed by atoms with Crippen molar-refractivity contribution < 1.29 is 19.1 Å². The molecular formula is C18H15N5O5. The normalized spacial score (nSPS) is 10.8. The van der Waals surface area contributed by atoms with Crippen molar-refractivity contribution in [2.75, 3.05) is 14.2 Å². The highest BCUT2D eigenvalue weighted by Gasteiger charge is 2.16. The van der Waals surface area contributed by atoms with E-state index in [9.17, 15) is 10.1 Å². The van der Waals surface area contributed by atoms with E-state index in [4.69, 9.17) is 14.2 Å². The van der Waals surface area contributed by atoms with E-state index in [2.05, 4.69) is 15.2 Å². The fourth-order valence-electron chi connectivity index (χ4n) is 2.72. The van der Waals surface area contributed by atoms with E-state index in [1.165, 1.54) is 31.0 Å². The van der Waals surface area contributed by atoms with Crippen LogP contribution in [0.15, 0.2) is 48.5 Å². The van der Waals surface area contributed by atoms with E-state index >= 15 is 0 Å². The molecular weight excluding hydrogens is 366 g/mol. The number of benzene rings is 2. The molecule has 0 radical (unpaired) electrons. The molecule has 0 atom stereocenters. The van der Waals surface area contributed by atoms with Crippen LogP contribution in [0.3, 0.4) is 0 Å². The maximum absolute atomic E-state index is 10.9. The number of nitro groups is 1. The molecule has 2 aromatic heterocycles. The van der Waals surface area contributed by atoms with Crippen LogP contribution in [0.2, 0.25) is 0 Å². The molecule has 0 aliphatic heterocycles. The van der Waals surface area contributed by atoms with Crippen LogP contribution in [0.1, 0.15) is 0 Å². The Bertz CT molecular complexity index is 1110. The number of para-hydroxylation sites is 1. The zero-order valence-electron chi connectivity index (χ0n) is 14.9. The highest BCUT2D eigenvalue weighted by atomic mass is 16.6. The van der Waals surface area contributed by atoms with Gasteiger partial charge in [0.05, 0.1) is 19.1 Å². The number of methoxy groups -OCH3 is 2. The van der Waals surface area contributed by atoms with Gasteiger partial charge in [-0.25, -0.2) is 4.98 Å². The standard InChI is InChI=1S/C18H15N5O5/c1-26-13-7-4-8-14(27-2)17(13)28-16-10-15-19-18(21-22(15)20-16)11-5-3-6-12(9-11)23(24)25/h3-10H,1-2H3,(H,19,21). The highest BCUT2D eigenvalue weighted by molar-refractivity contribution is 5.62. The molecule has 0 fully saturated rings. The number of nitro benzene ring substituents is 1. The van der Waals surface area contributed by atoms with E-state index in [0.717, 1.165) is 0 Å². The van der Waals surface area contributed by atoms with Crippen LogP contribution in [-0.4, -0.2) is 39.0 Å². The molecule has 0 amide bonds. The monoisotopic (exact) mass is 381 g/mol. The molecule has 1 N–H and O–H groups in total. The number of nitrogens with zero attached hydrogens (tertiary/aromatic N) is 4. The summed E-state index contributed by atoms with van der Waals surface area (Å²) >= 11 is 0. The number of rotatable bonds is 6. The van der Waals surface area contributed by atoms with Gasteiger partial charge in [-0.2, -0.15) is 4.63 Å². The first-order chi connectivity index (χ1) is 13.6. The van der Waals surface area contributed by atoms with Crippen molar-refractivity contribution in [3.63, 3.8) is 0 Å². The maximum Gasteiger partial charge on any atom is 0.270 e. The van der Waals surface area contributed by atoms with Crippen molar-refractivity contribution in [1.29, 1.82) is 0 Å². The first-order valence-electron chi connectivity index (χ1n) is 8.18. The Hall–Kier alpha value is -4.08. The second-order valence-electron chi connectivity index (χ2n) is 5.73. The third-order valence-electron chi connectivity index (χ3n) is 4.03. The molecule has 4 rings (SSSR count). The van der Waals surface area contributed by atoms with Gasteiger partial charge in [-0.15, -0.1) is 5.10 Å². The van der Waals surface area contributed by atoms with Crippen LogP contribution < -0.4 is 14.2 Å². The molecule has 2 heterocycles. The molecule has 28 heavy (non-hydrogen) atoms. The number of H-pyrrole nitrogens is 1. The molecule has 2 aromatic carbocycles. The molecule has 0 saturated heterocycles. The fourth-order valence-corrected chi connectivity index (χ4v) is 2.72. The Balaban J connectivity index is 1.66. The van der Waals surface area contributed by atoms with Gasteiger partial charge in [-0.1, -0.05) is 18.2 Å². The Morgan fingerprint density at radius 2 is 1.79 bits per heavy atom. The van der Waals surface area contributed by atoms with Crippen LogP contribution in [0.5, 0.6) is 23.1 Å². The summed E-state index contributed by atoms with van der Waals surface area (Å²) in [4.78, 5) is 14.9. The first kappa shape index (κ1) is 17.3. The topological polar surface area (TPSA) is 117 Å². The van der Waals surface area contributed by atoms with Crippen molar-refractivity contribution in [1.82, 2.24) is 19.8 Å². The minimum absolute atomic E-state index is 0.0150. The largest absolute Gasteiger partial charge is 0.493 e. The van der Waals surface area contributed by atoms with Gasteiger partial charge < -0.3 is 14.2 Å². The molecule has 0 spiro atoms. The quantitative estimate of drug-likeness (QED) is 0.401. The number of hydrogen-bond acceptors (Lipinski definition) is 7. The Morgan fingerprint density at radius 1 is 1.07 bits per heavy atom. The maximum atomic E-state index is 10.9. The highest BCUT2D eigenvalue weighted by Crippen LogP contribution is 2.39. The van der Waals surface area contributed by atoms with Crippen LogP contribution in [-0.2, 0) is 0 Å². The van der Waals surface area contributed by atoms with Crippen molar-refractivity contribution in [3.05, 3.63) is 58.6 Å². The number of nitrogens with one attached hydrogen (secondary N) is 1. The molecule has 0 saturated carbocycles. The molecule has 0 aliphatic rings. The van der Waals surface area contributed by atoms with E-state index < -0.39 is 4.92 Å². The minimum atomic E-state index is -0.454. The summed E-state index contributed by atoms with van der Waals surface area (Å²) in [5.74, 6) is 2.13. The number of ether oxygens (including phenoxy) is 3. The molecule has 10 heteroatoms. The van der Waals surface area contributed by atoms with E-state index in [1.807, 2.05) is 0 Å². The Kier molecular flexibility index (Phi) is 4.28. The van der Waals surface area contributed by atoms with Crippen LogP contribution in [0.25, 0.3) is 17.0 Å². The van der Waals surface area contributed by atoms with Gasteiger partial charge in [0.1, 0.15) is 0 Å². The summed E-state index contributed by atoms with van der Waals surface area (Å²) in [6.07, 6.45) is 0. The Morgan fingerprint density at radius 3 is 2.43 bits per heavy atom. The lowest BCUT2D eigenvalue weighted by atomic mass is 10.2. The van der Waals surface area contributed by atoms with E-state index in [0.29, 0.717) is 34.3 Å². The summed E-state index contributed by atoms with van der Waals surface area (Å²) < 4.78 is 17.9. The number of non-ortho nitro benzene ring substituents is 1. The van der Waals surface area contributed by atoms with Crippen molar-refractivity contribution in [2.45, 2.75) is 0 Å². The number of aromatic amines is 1. The van der Waals surface area contributed by atoms with Gasteiger partial charge in [0, 0.05) is 23.8 Å². The van der Waals surface area contributed by atoms with Gasteiger partial charge in [0.25, 0.3) is 5.69 Å². The predicted molar refractivity (Wildman–Crippen MR) is 99.0 cm³/mol. The number of fused-ring (bicyclic) bond motifs is 1. The second-order valence-corrected chi connectivity index (χ2v) is 5.73. The van der Waals surface area contributed by atoms with Gasteiger partial charge >= 0.3 is 0 Å². The lowest BCUT2D eigenvalue weighted by molar-refractivity contribution is -0.384. The zero-order chi connectivity index (χ0) is 19.7. The summed E-state index contributed by atoms with van der Waals surface area (Å²) in [5, 5.41) is 18.2. The predicted octanol–water partition coefficient (Wildman–Crippen LogP) is 3.44. The summed E-state index contributed by atoms with van der Waals surface area (Å²) in [6.45, 7) is 0. The second kappa shape index (κ2) is 6.91. The molecule has 0 bridgehead atoms. The van der Waals surface area contributed by atoms with Crippen molar-refractivity contribution >= 4 is 11.3 Å². The lowest BCUT2D eigenvalue weighted by Gasteiger charge is -2.11. The van der Waals surface area contributed by atoms with Gasteiger partial charge in [0.2, 0.25) is 11.6 Å². The van der Waals surface area contributed by atoms with Gasteiger partial charge in [-0.3, -0.25) is 15.2 Å². The summed E-state index contributed by atoms with van der Waals surface area (Å²) in [5.41, 5.74) is 1.05. The SMILES string of the molecule is COc1cccc(OC)c1Oc1cc2nc(-c3cccc([N+](=O)[O-])c3)[nH]n2n1. The Labute approximate surface area is 158 Å². The number of hydrogen-bond donors (Lipinski definition) is 1. The third-order valence-corrected chi connectivity index (χ3v) is 4.03. The van der Waals surface area contributed by atoms with E-state index in [-0.39, 0.29) is 11.6 Å². The summed E-state index contributed by atoms with van der Waals surface area (Å²) in [6, 6.07) is 13.1.